The molecule has 0 unspecified atom stereocenters. The molecule has 1 aromatic carbocycles. The molecule has 0 fully saturated rings. The van der Waals surface area contributed by atoms with E-state index in [9.17, 15) is 4.79 Å². The normalized spacial score (nSPS) is 10.7. The Morgan fingerprint density at radius 3 is 2.47 bits per heavy atom. The maximum Gasteiger partial charge on any atom is 0.342 e. The van der Waals surface area contributed by atoms with Crippen LogP contribution in [0.5, 0.6) is 5.75 Å². The van der Waals surface area contributed by atoms with Crippen LogP contribution in [0, 0.1) is 18.3 Å². The van der Waals surface area contributed by atoms with Gasteiger partial charge in [0.15, 0.2) is 0 Å². The zero-order chi connectivity index (χ0) is 14.6. The average molecular weight is 261 g/mol. The van der Waals surface area contributed by atoms with Crippen LogP contribution in [0.25, 0.3) is 0 Å². The van der Waals surface area contributed by atoms with Gasteiger partial charge in [-0.05, 0) is 52.3 Å². The molecule has 4 heteroatoms. The molecule has 0 spiro atoms. The van der Waals surface area contributed by atoms with Gasteiger partial charge < -0.3 is 9.47 Å². The van der Waals surface area contributed by atoms with Gasteiger partial charge in [-0.15, -0.1) is 0 Å². The molecule has 0 amide bonds. The van der Waals surface area contributed by atoms with Gasteiger partial charge in [-0.3, -0.25) is 0 Å². The van der Waals surface area contributed by atoms with Gasteiger partial charge in [0.2, 0.25) is 0 Å². The minimum atomic E-state index is -0.585. The molecule has 19 heavy (non-hydrogen) atoms. The first kappa shape index (κ1) is 15.0. The van der Waals surface area contributed by atoms with Crippen molar-refractivity contribution in [2.24, 2.45) is 0 Å². The lowest BCUT2D eigenvalue weighted by Gasteiger charge is -2.20. The molecule has 0 radical (unpaired) electrons. The first-order chi connectivity index (χ1) is 8.78. The number of benzene rings is 1. The predicted octanol–water partition coefficient (Wildman–Crippen LogP) is 3.22. The monoisotopic (exact) mass is 261 g/mol. The number of rotatable bonds is 3. The highest BCUT2D eigenvalue weighted by Crippen LogP contribution is 2.25. The van der Waals surface area contributed by atoms with Crippen LogP contribution in [0.4, 0.5) is 0 Å². The standard InChI is InChI=1S/C15H19NO3/c1-6-18-13-7-10(2)11(9-16)8-12(13)14(17)19-15(3,4)5/h7-8H,6H2,1-5H3. The number of carbonyl (C=O) groups is 1. The zero-order valence-electron chi connectivity index (χ0n) is 12.0. The number of hydrogen-bond acceptors (Lipinski definition) is 4. The molecule has 0 N–H and O–H groups in total. The van der Waals surface area contributed by atoms with Gasteiger partial charge in [-0.1, -0.05) is 0 Å². The first-order valence-corrected chi connectivity index (χ1v) is 6.19. The Kier molecular flexibility index (Phi) is 4.55. The first-order valence-electron chi connectivity index (χ1n) is 6.19. The summed E-state index contributed by atoms with van der Waals surface area (Å²) in [6, 6.07) is 5.28. The topological polar surface area (TPSA) is 59.3 Å². The Morgan fingerprint density at radius 1 is 1.37 bits per heavy atom. The van der Waals surface area contributed by atoms with Crippen LogP contribution in [-0.4, -0.2) is 18.2 Å². The van der Waals surface area contributed by atoms with Crippen LogP contribution in [0.2, 0.25) is 0 Å². The summed E-state index contributed by atoms with van der Waals surface area (Å²) in [5.74, 6) is -0.0271. The van der Waals surface area contributed by atoms with E-state index in [1.807, 2.05) is 6.92 Å². The molecule has 0 saturated carbocycles. The van der Waals surface area contributed by atoms with Crippen LogP contribution in [0.15, 0.2) is 12.1 Å². The van der Waals surface area contributed by atoms with E-state index in [0.717, 1.165) is 5.56 Å². The zero-order valence-corrected chi connectivity index (χ0v) is 12.0. The molecule has 102 valence electrons. The minimum Gasteiger partial charge on any atom is -0.493 e. The number of carbonyl (C=O) groups excluding carboxylic acids is 1. The maximum absolute atomic E-state index is 12.1. The summed E-state index contributed by atoms with van der Waals surface area (Å²) in [5.41, 5.74) is 0.930. The second-order valence-electron chi connectivity index (χ2n) is 5.21. The number of esters is 1. The summed E-state index contributed by atoms with van der Waals surface area (Å²) in [4.78, 5) is 12.1. The van der Waals surface area contributed by atoms with E-state index in [1.165, 1.54) is 6.07 Å². The van der Waals surface area contributed by atoms with Crippen molar-refractivity contribution in [1.82, 2.24) is 0 Å². The SMILES string of the molecule is CCOc1cc(C)c(C#N)cc1C(=O)OC(C)(C)C. The fourth-order valence-electron chi connectivity index (χ4n) is 1.57. The molecule has 1 aromatic rings. The van der Waals surface area contributed by atoms with Gasteiger partial charge >= 0.3 is 5.97 Å². The van der Waals surface area contributed by atoms with E-state index >= 15 is 0 Å². The lowest BCUT2D eigenvalue weighted by Crippen LogP contribution is -2.24. The number of aryl methyl sites for hydroxylation is 1. The van der Waals surface area contributed by atoms with Gasteiger partial charge in [0.1, 0.15) is 16.9 Å². The van der Waals surface area contributed by atoms with Crippen LogP contribution in [-0.2, 0) is 4.74 Å². The Morgan fingerprint density at radius 2 is 2.00 bits per heavy atom. The van der Waals surface area contributed by atoms with Crippen molar-refractivity contribution in [3.63, 3.8) is 0 Å². The molecule has 0 aliphatic rings. The Labute approximate surface area is 113 Å². The van der Waals surface area contributed by atoms with Gasteiger partial charge in [0, 0.05) is 0 Å². The summed E-state index contributed by atoms with van der Waals surface area (Å²) < 4.78 is 10.8. The van der Waals surface area contributed by atoms with Gasteiger partial charge in [-0.2, -0.15) is 5.26 Å². The second kappa shape index (κ2) is 5.75. The molecule has 4 nitrogen and oxygen atoms in total. The van der Waals surface area contributed by atoms with E-state index in [1.54, 1.807) is 33.8 Å². The number of ether oxygens (including phenoxy) is 2. The van der Waals surface area contributed by atoms with Crippen LogP contribution in [0.1, 0.15) is 49.2 Å². The van der Waals surface area contributed by atoms with Crippen molar-refractivity contribution in [3.8, 4) is 11.8 Å². The maximum atomic E-state index is 12.1. The molecule has 0 saturated heterocycles. The van der Waals surface area contributed by atoms with E-state index in [0.29, 0.717) is 23.5 Å². The van der Waals surface area contributed by atoms with Crippen molar-refractivity contribution < 1.29 is 14.3 Å². The van der Waals surface area contributed by atoms with E-state index in [2.05, 4.69) is 6.07 Å². The molecular weight excluding hydrogens is 242 g/mol. The van der Waals surface area contributed by atoms with E-state index in [-0.39, 0.29) is 0 Å². The van der Waals surface area contributed by atoms with E-state index < -0.39 is 11.6 Å². The lowest BCUT2D eigenvalue weighted by atomic mass is 10.0. The predicted molar refractivity (Wildman–Crippen MR) is 72.2 cm³/mol. The summed E-state index contributed by atoms with van der Waals surface area (Å²) in [6.07, 6.45) is 0. The molecule has 0 aliphatic carbocycles. The van der Waals surface area contributed by atoms with Crippen molar-refractivity contribution in [1.29, 1.82) is 5.26 Å². The second-order valence-corrected chi connectivity index (χ2v) is 5.21. The van der Waals surface area contributed by atoms with Crippen LogP contribution in [0.3, 0.4) is 0 Å². The third-order valence-electron chi connectivity index (χ3n) is 2.37. The fraction of sp³-hybridized carbons (Fsp3) is 0.467. The summed E-state index contributed by atoms with van der Waals surface area (Å²) in [6.45, 7) is 9.48. The Hall–Kier alpha value is -2.02. The quantitative estimate of drug-likeness (QED) is 0.784. The number of nitrogens with zero attached hydrogens (tertiary/aromatic N) is 1. The van der Waals surface area contributed by atoms with Gasteiger partial charge in [0.25, 0.3) is 0 Å². The van der Waals surface area contributed by atoms with Crippen molar-refractivity contribution >= 4 is 5.97 Å². The van der Waals surface area contributed by atoms with Crippen molar-refractivity contribution in [2.75, 3.05) is 6.61 Å². The van der Waals surface area contributed by atoms with Crippen LogP contribution >= 0.6 is 0 Å². The van der Waals surface area contributed by atoms with Gasteiger partial charge in [0.05, 0.1) is 18.2 Å². The molecule has 0 aliphatic heterocycles. The fourth-order valence-corrected chi connectivity index (χ4v) is 1.57. The molecule has 1 rings (SSSR count). The highest BCUT2D eigenvalue weighted by Gasteiger charge is 2.22. The summed E-state index contributed by atoms with van der Waals surface area (Å²) in [5, 5.41) is 9.04. The lowest BCUT2D eigenvalue weighted by molar-refractivity contribution is 0.00660. The minimum absolute atomic E-state index is 0.291. The van der Waals surface area contributed by atoms with Crippen molar-refractivity contribution in [3.05, 3.63) is 28.8 Å². The third kappa shape index (κ3) is 3.99. The largest absolute Gasteiger partial charge is 0.493 e. The third-order valence-corrected chi connectivity index (χ3v) is 2.37. The molecule has 0 heterocycles. The highest BCUT2D eigenvalue weighted by molar-refractivity contribution is 5.93. The number of nitriles is 1. The highest BCUT2D eigenvalue weighted by atomic mass is 16.6. The average Bonchev–Trinajstić information content (AvgIpc) is 2.27. The Bertz CT molecular complexity index is 521. The molecule has 0 aromatic heterocycles. The van der Waals surface area contributed by atoms with Crippen LogP contribution < -0.4 is 4.74 Å². The molecular formula is C15H19NO3. The molecule has 0 atom stereocenters. The summed E-state index contributed by atoms with van der Waals surface area (Å²) >= 11 is 0. The van der Waals surface area contributed by atoms with Crippen molar-refractivity contribution in [2.45, 2.75) is 40.2 Å². The number of hydrogen-bond donors (Lipinski definition) is 0. The Balaban J connectivity index is 3.24. The smallest absolute Gasteiger partial charge is 0.342 e. The van der Waals surface area contributed by atoms with Gasteiger partial charge in [-0.25, -0.2) is 4.79 Å². The summed E-state index contributed by atoms with van der Waals surface area (Å²) in [7, 11) is 0. The molecule has 0 bridgehead atoms. The van der Waals surface area contributed by atoms with E-state index in [4.69, 9.17) is 14.7 Å².